The smallest absolute Gasteiger partial charge is 0.267 e. The number of hydrogen-bond donors (Lipinski definition) is 1. The minimum absolute atomic E-state index is 0.0996. The Bertz CT molecular complexity index is 1130. The summed E-state index contributed by atoms with van der Waals surface area (Å²) < 4.78 is 24.8. The molecule has 26 heavy (non-hydrogen) atoms. The third-order valence-electron chi connectivity index (χ3n) is 4.44. The lowest BCUT2D eigenvalue weighted by Crippen LogP contribution is -2.25. The third-order valence-corrected chi connectivity index (χ3v) is 5.70. The minimum atomic E-state index is -3.70. The first-order valence-electron chi connectivity index (χ1n) is 8.33. The summed E-state index contributed by atoms with van der Waals surface area (Å²) in [5, 5.41) is 10.3. The fraction of sp³-hybridized carbons (Fsp3) is 0.263. The number of rotatable bonds is 4. The molecule has 3 rings (SSSR count). The topological polar surface area (TPSA) is 95.1 Å². The maximum Gasteiger partial charge on any atom is 0.274 e. The molecule has 2 N–H and O–H groups in total. The number of nitrogens with two attached hydrogens (primary N) is 1. The van der Waals surface area contributed by atoms with Crippen molar-refractivity contribution < 1.29 is 8.42 Å². The summed E-state index contributed by atoms with van der Waals surface area (Å²) in [6.07, 6.45) is 0. The van der Waals surface area contributed by atoms with Gasteiger partial charge in [-0.2, -0.15) is 5.10 Å². The van der Waals surface area contributed by atoms with Gasteiger partial charge >= 0.3 is 0 Å². The van der Waals surface area contributed by atoms with Gasteiger partial charge in [0, 0.05) is 10.9 Å². The van der Waals surface area contributed by atoms with E-state index in [-0.39, 0.29) is 11.6 Å². The lowest BCUT2D eigenvalue weighted by molar-refractivity contribution is 0.510. The summed E-state index contributed by atoms with van der Waals surface area (Å²) in [7, 11) is -3.70. The average Bonchev–Trinajstić information content (AvgIpc) is 2.60. The normalized spacial score (nSPS) is 13.3. The number of benzene rings is 2. The summed E-state index contributed by atoms with van der Waals surface area (Å²) >= 11 is 0. The molecule has 3 aromatic rings. The number of primary sulfonamides is 1. The van der Waals surface area contributed by atoms with Crippen LogP contribution in [0.1, 0.15) is 37.6 Å². The van der Waals surface area contributed by atoms with Crippen LogP contribution >= 0.6 is 0 Å². The highest BCUT2D eigenvalue weighted by Crippen LogP contribution is 2.29. The van der Waals surface area contributed by atoms with Gasteiger partial charge in [-0.25, -0.2) is 18.2 Å². The molecule has 0 saturated carbocycles. The van der Waals surface area contributed by atoms with Crippen LogP contribution in [0.3, 0.4) is 0 Å². The summed E-state index contributed by atoms with van der Waals surface area (Å²) in [4.78, 5) is 12.7. The van der Waals surface area contributed by atoms with Crippen molar-refractivity contribution in [2.75, 3.05) is 0 Å². The lowest BCUT2D eigenvalue weighted by atomic mass is 10.0. The predicted octanol–water partition coefficient (Wildman–Crippen LogP) is 2.99. The third kappa shape index (κ3) is 3.27. The maximum absolute atomic E-state index is 12.7. The standard InChI is InChI=1S/C19H21N3O3S/c1-12(2)22-19(23)17-10-5-4-9-16(17)18(21-22)15-8-6-7-14(11-15)13(3)26(20,24)25/h4-13H,1-3H3,(H2,20,24,25). The van der Waals surface area contributed by atoms with Crippen LogP contribution in [0.15, 0.2) is 53.3 Å². The SMILES string of the molecule is CC(C)n1nc(-c2cccc(C(C)S(N)(=O)=O)c2)c2ccccc2c1=O. The summed E-state index contributed by atoms with van der Waals surface area (Å²) in [5.41, 5.74) is 1.81. The molecule has 1 atom stereocenters. The van der Waals surface area contributed by atoms with E-state index in [2.05, 4.69) is 5.10 Å². The molecule has 1 aromatic heterocycles. The summed E-state index contributed by atoms with van der Waals surface area (Å²) in [6.45, 7) is 5.34. The Balaban J connectivity index is 2.30. The summed E-state index contributed by atoms with van der Waals surface area (Å²) in [5.74, 6) is 0. The van der Waals surface area contributed by atoms with Gasteiger partial charge in [0.25, 0.3) is 5.56 Å². The largest absolute Gasteiger partial charge is 0.274 e. The predicted molar refractivity (Wildman–Crippen MR) is 103 cm³/mol. The van der Waals surface area contributed by atoms with E-state index < -0.39 is 15.3 Å². The van der Waals surface area contributed by atoms with Crippen LogP contribution < -0.4 is 10.7 Å². The van der Waals surface area contributed by atoms with Crippen molar-refractivity contribution in [1.82, 2.24) is 9.78 Å². The monoisotopic (exact) mass is 371 g/mol. The van der Waals surface area contributed by atoms with Gasteiger partial charge < -0.3 is 0 Å². The highest BCUT2D eigenvalue weighted by Gasteiger charge is 2.19. The molecule has 0 aliphatic heterocycles. The van der Waals surface area contributed by atoms with Gasteiger partial charge in [-0.05, 0) is 38.5 Å². The Labute approximate surface area is 152 Å². The van der Waals surface area contributed by atoms with Gasteiger partial charge in [-0.1, -0.05) is 36.4 Å². The molecule has 0 aliphatic rings. The zero-order valence-corrected chi connectivity index (χ0v) is 15.7. The molecule has 0 radical (unpaired) electrons. The number of aromatic nitrogens is 2. The number of fused-ring (bicyclic) bond motifs is 1. The van der Waals surface area contributed by atoms with Crippen LogP contribution in [0.2, 0.25) is 0 Å². The Kier molecular flexibility index (Phi) is 4.68. The quantitative estimate of drug-likeness (QED) is 0.763. The molecule has 0 aliphatic carbocycles. The van der Waals surface area contributed by atoms with Gasteiger partial charge in [0.15, 0.2) is 0 Å². The molecular formula is C19H21N3O3S. The number of hydrogen-bond acceptors (Lipinski definition) is 4. The Morgan fingerprint density at radius 2 is 1.65 bits per heavy atom. The molecule has 1 heterocycles. The molecule has 136 valence electrons. The highest BCUT2D eigenvalue weighted by atomic mass is 32.2. The second-order valence-corrected chi connectivity index (χ2v) is 8.48. The van der Waals surface area contributed by atoms with E-state index in [4.69, 9.17) is 5.14 Å². The zero-order valence-electron chi connectivity index (χ0n) is 14.9. The molecular weight excluding hydrogens is 350 g/mol. The molecule has 1 unspecified atom stereocenters. The van der Waals surface area contributed by atoms with E-state index in [1.54, 1.807) is 31.2 Å². The van der Waals surface area contributed by atoms with Gasteiger partial charge in [0.05, 0.1) is 22.4 Å². The van der Waals surface area contributed by atoms with Crippen LogP contribution in [0.4, 0.5) is 0 Å². The fourth-order valence-electron chi connectivity index (χ4n) is 2.90. The Hall–Kier alpha value is -2.51. The van der Waals surface area contributed by atoms with Gasteiger partial charge in [-0.15, -0.1) is 0 Å². The van der Waals surface area contributed by atoms with Gasteiger partial charge in [0.2, 0.25) is 10.0 Å². The van der Waals surface area contributed by atoms with Crippen molar-refractivity contribution in [1.29, 1.82) is 0 Å². The van der Waals surface area contributed by atoms with E-state index in [0.29, 0.717) is 16.6 Å². The first-order valence-corrected chi connectivity index (χ1v) is 9.94. The van der Waals surface area contributed by atoms with E-state index in [0.717, 1.165) is 10.9 Å². The van der Waals surface area contributed by atoms with Crippen LogP contribution in [0, 0.1) is 0 Å². The second-order valence-electron chi connectivity index (χ2n) is 6.59. The van der Waals surface area contributed by atoms with E-state index >= 15 is 0 Å². The van der Waals surface area contributed by atoms with Crippen molar-refractivity contribution in [3.8, 4) is 11.3 Å². The molecule has 0 amide bonds. The average molecular weight is 371 g/mol. The van der Waals surface area contributed by atoms with Crippen LogP contribution in [0.25, 0.3) is 22.0 Å². The molecule has 0 bridgehead atoms. The summed E-state index contributed by atoms with van der Waals surface area (Å²) in [6, 6.07) is 14.3. The molecule has 0 saturated heterocycles. The molecule has 0 spiro atoms. The van der Waals surface area contributed by atoms with Gasteiger partial charge in [-0.3, -0.25) is 4.79 Å². The highest BCUT2D eigenvalue weighted by molar-refractivity contribution is 7.89. The molecule has 7 heteroatoms. The van der Waals surface area contributed by atoms with Crippen LogP contribution in [-0.4, -0.2) is 18.2 Å². The first kappa shape index (κ1) is 18.3. The molecule has 6 nitrogen and oxygen atoms in total. The van der Waals surface area contributed by atoms with Crippen molar-refractivity contribution >= 4 is 20.8 Å². The zero-order chi connectivity index (χ0) is 19.1. The maximum atomic E-state index is 12.7. The van der Waals surface area contributed by atoms with Crippen molar-refractivity contribution in [3.63, 3.8) is 0 Å². The Morgan fingerprint density at radius 1 is 1.00 bits per heavy atom. The van der Waals surface area contributed by atoms with Crippen LogP contribution in [0.5, 0.6) is 0 Å². The molecule has 0 fully saturated rings. The van der Waals surface area contributed by atoms with Crippen LogP contribution in [-0.2, 0) is 10.0 Å². The number of sulfonamides is 1. The van der Waals surface area contributed by atoms with Crippen molar-refractivity contribution in [2.45, 2.75) is 32.1 Å². The first-order chi connectivity index (χ1) is 12.2. The fourth-order valence-corrected chi connectivity index (χ4v) is 3.42. The van der Waals surface area contributed by atoms with E-state index in [1.807, 2.05) is 38.1 Å². The van der Waals surface area contributed by atoms with Gasteiger partial charge in [0.1, 0.15) is 0 Å². The van der Waals surface area contributed by atoms with E-state index in [9.17, 15) is 13.2 Å². The minimum Gasteiger partial charge on any atom is -0.267 e. The number of nitrogens with zero attached hydrogens (tertiary/aromatic N) is 2. The second kappa shape index (κ2) is 6.66. The molecule has 2 aromatic carbocycles. The van der Waals surface area contributed by atoms with Crippen molar-refractivity contribution in [2.24, 2.45) is 5.14 Å². The van der Waals surface area contributed by atoms with Crippen molar-refractivity contribution in [3.05, 3.63) is 64.4 Å². The Morgan fingerprint density at radius 3 is 2.27 bits per heavy atom. The van der Waals surface area contributed by atoms with E-state index in [1.165, 1.54) is 4.68 Å². The lowest BCUT2D eigenvalue weighted by Gasteiger charge is -2.15.